The molecular formula is C10H14ClN3O. The number of carbonyl (C=O) groups excluding carboxylic acids is 1. The van der Waals surface area contributed by atoms with E-state index in [9.17, 15) is 4.79 Å². The maximum absolute atomic E-state index is 11.6. The van der Waals surface area contributed by atoms with E-state index in [2.05, 4.69) is 15.6 Å². The Morgan fingerprint density at radius 1 is 1.60 bits per heavy atom. The zero-order valence-corrected chi connectivity index (χ0v) is 9.72. The fourth-order valence-corrected chi connectivity index (χ4v) is 1.29. The Kier molecular flexibility index (Phi) is 4.05. The summed E-state index contributed by atoms with van der Waals surface area (Å²) in [6.07, 6.45) is 1.61. The number of anilines is 1. The molecule has 1 atom stereocenters. The van der Waals surface area contributed by atoms with Gasteiger partial charge in [-0.3, -0.25) is 4.79 Å². The Morgan fingerprint density at radius 2 is 2.27 bits per heavy atom. The van der Waals surface area contributed by atoms with Crippen molar-refractivity contribution in [3.8, 4) is 0 Å². The van der Waals surface area contributed by atoms with Crippen molar-refractivity contribution in [2.75, 3.05) is 12.4 Å². The number of amides is 1. The number of hydrogen-bond acceptors (Lipinski definition) is 3. The van der Waals surface area contributed by atoms with Gasteiger partial charge in [-0.05, 0) is 32.5 Å². The van der Waals surface area contributed by atoms with Gasteiger partial charge in [0.1, 0.15) is 0 Å². The minimum atomic E-state index is -0.263. The van der Waals surface area contributed by atoms with Gasteiger partial charge in [0.15, 0.2) is 5.15 Å². The molecule has 1 heterocycles. The molecule has 0 saturated carbocycles. The second-order valence-electron chi connectivity index (χ2n) is 3.29. The highest BCUT2D eigenvalue weighted by Gasteiger charge is 2.13. The molecule has 1 amide bonds. The van der Waals surface area contributed by atoms with Gasteiger partial charge < -0.3 is 10.6 Å². The van der Waals surface area contributed by atoms with E-state index < -0.39 is 0 Å². The van der Waals surface area contributed by atoms with Crippen LogP contribution in [0.5, 0.6) is 0 Å². The number of halogens is 1. The first kappa shape index (κ1) is 11.9. The van der Waals surface area contributed by atoms with Crippen molar-refractivity contribution >= 4 is 23.2 Å². The fourth-order valence-electron chi connectivity index (χ4n) is 1.04. The molecule has 0 fully saturated rings. The number of aryl methyl sites for hydroxylation is 1. The van der Waals surface area contributed by atoms with Crippen molar-refractivity contribution in [1.82, 2.24) is 10.3 Å². The smallest absolute Gasteiger partial charge is 0.241 e. The average Bonchev–Trinajstić information content (AvgIpc) is 2.22. The molecule has 0 aliphatic rings. The first-order valence-electron chi connectivity index (χ1n) is 4.65. The standard InChI is InChI=1S/C10H14ClN3O/c1-6-4-5-13-9(11)8(6)14-10(15)7(2)12-3/h4-5,7,12H,1-3H3,(H,14,15). The molecule has 1 aromatic rings. The highest BCUT2D eigenvalue weighted by molar-refractivity contribution is 6.32. The molecule has 5 heteroatoms. The largest absolute Gasteiger partial charge is 0.322 e. The lowest BCUT2D eigenvalue weighted by Crippen LogP contribution is -2.35. The monoisotopic (exact) mass is 227 g/mol. The Bertz CT molecular complexity index is 347. The molecule has 0 radical (unpaired) electrons. The summed E-state index contributed by atoms with van der Waals surface area (Å²) in [6, 6.07) is 1.53. The predicted octanol–water partition coefficient (Wildman–Crippen LogP) is 1.59. The van der Waals surface area contributed by atoms with Crippen molar-refractivity contribution in [3.63, 3.8) is 0 Å². The molecule has 0 spiro atoms. The van der Waals surface area contributed by atoms with Gasteiger partial charge in [-0.1, -0.05) is 11.6 Å². The van der Waals surface area contributed by atoms with E-state index in [1.165, 1.54) is 0 Å². The van der Waals surface area contributed by atoms with Crippen LogP contribution in [0.25, 0.3) is 0 Å². The third-order valence-electron chi connectivity index (χ3n) is 2.19. The summed E-state index contributed by atoms with van der Waals surface area (Å²) >= 11 is 5.88. The van der Waals surface area contributed by atoms with E-state index in [1.54, 1.807) is 26.2 Å². The molecule has 0 aliphatic heterocycles. The van der Waals surface area contributed by atoms with Gasteiger partial charge in [0.2, 0.25) is 5.91 Å². The molecule has 2 N–H and O–H groups in total. The maximum Gasteiger partial charge on any atom is 0.241 e. The predicted molar refractivity (Wildman–Crippen MR) is 61.1 cm³/mol. The Morgan fingerprint density at radius 3 is 2.80 bits per heavy atom. The molecule has 4 nitrogen and oxygen atoms in total. The molecule has 0 bridgehead atoms. The van der Waals surface area contributed by atoms with Gasteiger partial charge in [0.25, 0.3) is 0 Å². The number of nitrogens with zero attached hydrogens (tertiary/aromatic N) is 1. The van der Waals surface area contributed by atoms with Crippen LogP contribution in [0.4, 0.5) is 5.69 Å². The minimum Gasteiger partial charge on any atom is -0.322 e. The number of carbonyl (C=O) groups is 1. The highest BCUT2D eigenvalue weighted by atomic mass is 35.5. The second-order valence-corrected chi connectivity index (χ2v) is 3.65. The van der Waals surface area contributed by atoms with E-state index in [0.717, 1.165) is 5.56 Å². The van der Waals surface area contributed by atoms with Gasteiger partial charge in [-0.15, -0.1) is 0 Å². The Labute approximate surface area is 94.0 Å². The van der Waals surface area contributed by atoms with Crippen LogP contribution in [0, 0.1) is 6.92 Å². The molecule has 0 aromatic carbocycles. The van der Waals surface area contributed by atoms with E-state index in [1.807, 2.05) is 6.92 Å². The summed E-state index contributed by atoms with van der Waals surface area (Å²) < 4.78 is 0. The van der Waals surface area contributed by atoms with Crippen molar-refractivity contribution < 1.29 is 4.79 Å². The second kappa shape index (κ2) is 5.09. The van der Waals surface area contributed by atoms with Crippen molar-refractivity contribution in [2.45, 2.75) is 19.9 Å². The summed E-state index contributed by atoms with van der Waals surface area (Å²) in [5.74, 6) is -0.129. The van der Waals surface area contributed by atoms with Crippen LogP contribution in [-0.4, -0.2) is 24.0 Å². The van der Waals surface area contributed by atoms with Gasteiger partial charge >= 0.3 is 0 Å². The quantitative estimate of drug-likeness (QED) is 0.772. The highest BCUT2D eigenvalue weighted by Crippen LogP contribution is 2.22. The number of hydrogen-bond donors (Lipinski definition) is 2. The number of rotatable bonds is 3. The van der Waals surface area contributed by atoms with Crippen molar-refractivity contribution in [3.05, 3.63) is 23.0 Å². The maximum atomic E-state index is 11.6. The zero-order valence-electron chi connectivity index (χ0n) is 8.97. The third-order valence-corrected chi connectivity index (χ3v) is 2.47. The summed E-state index contributed by atoms with van der Waals surface area (Å²) in [4.78, 5) is 15.5. The summed E-state index contributed by atoms with van der Waals surface area (Å²) in [7, 11) is 1.72. The minimum absolute atomic E-state index is 0.129. The van der Waals surface area contributed by atoms with Crippen molar-refractivity contribution in [1.29, 1.82) is 0 Å². The average molecular weight is 228 g/mol. The van der Waals surface area contributed by atoms with Gasteiger partial charge in [0.05, 0.1) is 11.7 Å². The van der Waals surface area contributed by atoms with E-state index in [4.69, 9.17) is 11.6 Å². The molecule has 0 aliphatic carbocycles. The molecule has 1 rings (SSSR count). The third kappa shape index (κ3) is 2.91. The first-order valence-corrected chi connectivity index (χ1v) is 5.03. The van der Waals surface area contributed by atoms with Crippen LogP contribution >= 0.6 is 11.6 Å². The Hall–Kier alpha value is -1.13. The Balaban J connectivity index is 2.85. The number of pyridine rings is 1. The van der Waals surface area contributed by atoms with Gasteiger partial charge in [0, 0.05) is 6.20 Å². The van der Waals surface area contributed by atoms with E-state index >= 15 is 0 Å². The fraction of sp³-hybridized carbons (Fsp3) is 0.400. The van der Waals surface area contributed by atoms with Crippen LogP contribution in [-0.2, 0) is 4.79 Å². The lowest BCUT2D eigenvalue weighted by atomic mass is 10.2. The lowest BCUT2D eigenvalue weighted by molar-refractivity contribution is -0.117. The molecule has 0 saturated heterocycles. The number of aromatic nitrogens is 1. The molecule has 15 heavy (non-hydrogen) atoms. The molecule has 82 valence electrons. The van der Waals surface area contributed by atoms with Gasteiger partial charge in [-0.2, -0.15) is 0 Å². The van der Waals surface area contributed by atoms with Crippen molar-refractivity contribution in [2.24, 2.45) is 0 Å². The number of likely N-dealkylation sites (N-methyl/N-ethyl adjacent to an activating group) is 1. The summed E-state index contributed by atoms with van der Waals surface area (Å²) in [6.45, 7) is 3.64. The van der Waals surface area contributed by atoms with E-state index in [0.29, 0.717) is 10.8 Å². The van der Waals surface area contributed by atoms with Crippen LogP contribution in [0.3, 0.4) is 0 Å². The summed E-state index contributed by atoms with van der Waals surface area (Å²) in [5, 5.41) is 5.89. The van der Waals surface area contributed by atoms with Gasteiger partial charge in [-0.25, -0.2) is 4.98 Å². The van der Waals surface area contributed by atoms with Crippen LogP contribution in [0.15, 0.2) is 12.3 Å². The lowest BCUT2D eigenvalue weighted by Gasteiger charge is -2.13. The van der Waals surface area contributed by atoms with Crippen LogP contribution in [0.2, 0.25) is 5.15 Å². The SMILES string of the molecule is CNC(C)C(=O)Nc1c(C)ccnc1Cl. The summed E-state index contributed by atoms with van der Waals surface area (Å²) in [5.41, 5.74) is 1.47. The first-order chi connectivity index (χ1) is 7.06. The van der Waals surface area contributed by atoms with E-state index in [-0.39, 0.29) is 11.9 Å². The molecular weight excluding hydrogens is 214 g/mol. The van der Waals surface area contributed by atoms with Crippen LogP contribution < -0.4 is 10.6 Å². The molecule has 1 aromatic heterocycles. The molecule has 1 unspecified atom stereocenters. The zero-order chi connectivity index (χ0) is 11.4. The topological polar surface area (TPSA) is 54.0 Å². The van der Waals surface area contributed by atoms with Crippen LogP contribution in [0.1, 0.15) is 12.5 Å². The number of nitrogens with one attached hydrogen (secondary N) is 2. The normalized spacial score (nSPS) is 12.3.